The molecule has 17 heavy (non-hydrogen) atoms. The molecule has 0 aromatic carbocycles. The van der Waals surface area contributed by atoms with Gasteiger partial charge in [-0.1, -0.05) is 26.2 Å². The van der Waals surface area contributed by atoms with E-state index >= 15 is 0 Å². The summed E-state index contributed by atoms with van der Waals surface area (Å²) in [6.07, 6.45) is 7.68. The van der Waals surface area contributed by atoms with E-state index in [-0.39, 0.29) is 11.3 Å². The minimum atomic E-state index is 0.0943. The second-order valence-electron chi connectivity index (χ2n) is 5.70. The van der Waals surface area contributed by atoms with Crippen molar-refractivity contribution in [1.82, 2.24) is 4.90 Å². The van der Waals surface area contributed by atoms with E-state index in [1.54, 1.807) is 0 Å². The smallest absolute Gasteiger partial charge is 0.223 e. The third-order valence-electron chi connectivity index (χ3n) is 4.52. The van der Waals surface area contributed by atoms with Crippen LogP contribution in [0.25, 0.3) is 0 Å². The molecule has 0 saturated heterocycles. The lowest BCUT2D eigenvalue weighted by atomic mass is 9.71. The standard InChI is InChI=1S/C14H28N2O/c1-4-12(2)16(3)13(17)10-14(11-15)8-6-5-7-9-14/h12H,4-11,15H2,1-3H3. The van der Waals surface area contributed by atoms with Crippen LogP contribution in [0.1, 0.15) is 58.8 Å². The topological polar surface area (TPSA) is 46.3 Å². The van der Waals surface area contributed by atoms with Gasteiger partial charge in [0.15, 0.2) is 0 Å². The molecule has 0 aliphatic heterocycles. The maximum Gasteiger partial charge on any atom is 0.223 e. The van der Waals surface area contributed by atoms with Gasteiger partial charge in [0.2, 0.25) is 5.91 Å². The molecule has 3 nitrogen and oxygen atoms in total. The van der Waals surface area contributed by atoms with Crippen LogP contribution >= 0.6 is 0 Å². The van der Waals surface area contributed by atoms with Crippen molar-refractivity contribution in [2.75, 3.05) is 13.6 Å². The summed E-state index contributed by atoms with van der Waals surface area (Å²) in [5, 5.41) is 0. The van der Waals surface area contributed by atoms with E-state index in [1.807, 2.05) is 11.9 Å². The number of carbonyl (C=O) groups excluding carboxylic acids is 1. The third-order valence-corrected chi connectivity index (χ3v) is 4.52. The first-order valence-electron chi connectivity index (χ1n) is 7.00. The SMILES string of the molecule is CCC(C)N(C)C(=O)CC1(CN)CCCCC1. The molecule has 0 spiro atoms. The zero-order valence-corrected chi connectivity index (χ0v) is 11.7. The first kappa shape index (κ1) is 14.5. The molecule has 3 heteroatoms. The van der Waals surface area contributed by atoms with Gasteiger partial charge in [-0.15, -0.1) is 0 Å². The Morgan fingerprint density at radius 2 is 1.94 bits per heavy atom. The molecule has 1 aliphatic rings. The number of amides is 1. The Kier molecular flexibility index (Phi) is 5.44. The molecule has 0 heterocycles. The second kappa shape index (κ2) is 6.39. The highest BCUT2D eigenvalue weighted by Gasteiger charge is 2.34. The van der Waals surface area contributed by atoms with Crippen LogP contribution in [0.2, 0.25) is 0 Å². The quantitative estimate of drug-likeness (QED) is 0.802. The van der Waals surface area contributed by atoms with Crippen molar-refractivity contribution in [3.63, 3.8) is 0 Å². The average molecular weight is 240 g/mol. The zero-order valence-electron chi connectivity index (χ0n) is 11.7. The fourth-order valence-electron chi connectivity index (χ4n) is 2.72. The summed E-state index contributed by atoms with van der Waals surface area (Å²) >= 11 is 0. The normalized spacial score (nSPS) is 20.9. The molecule has 2 N–H and O–H groups in total. The van der Waals surface area contributed by atoms with E-state index in [2.05, 4.69) is 13.8 Å². The molecule has 1 unspecified atom stereocenters. The highest BCUT2D eigenvalue weighted by molar-refractivity contribution is 5.77. The Labute approximate surface area is 106 Å². The highest BCUT2D eigenvalue weighted by atomic mass is 16.2. The summed E-state index contributed by atoms with van der Waals surface area (Å²) in [6, 6.07) is 0.334. The molecular weight excluding hydrogens is 212 g/mol. The number of nitrogens with two attached hydrogens (primary N) is 1. The molecule has 1 saturated carbocycles. The van der Waals surface area contributed by atoms with Gasteiger partial charge in [-0.3, -0.25) is 4.79 Å². The van der Waals surface area contributed by atoms with Gasteiger partial charge in [0.05, 0.1) is 0 Å². The predicted octanol–water partition coefficient (Wildman–Crippen LogP) is 2.54. The minimum Gasteiger partial charge on any atom is -0.343 e. The molecule has 1 aliphatic carbocycles. The molecule has 1 rings (SSSR count). The Balaban J connectivity index is 2.58. The maximum atomic E-state index is 12.2. The Hall–Kier alpha value is -0.570. The maximum absolute atomic E-state index is 12.2. The lowest BCUT2D eigenvalue weighted by Gasteiger charge is -2.37. The van der Waals surface area contributed by atoms with Crippen LogP contribution in [0.3, 0.4) is 0 Å². The minimum absolute atomic E-state index is 0.0943. The molecule has 100 valence electrons. The summed E-state index contributed by atoms with van der Waals surface area (Å²) in [6.45, 7) is 4.88. The monoisotopic (exact) mass is 240 g/mol. The van der Waals surface area contributed by atoms with Crippen LogP contribution in [0.5, 0.6) is 0 Å². The van der Waals surface area contributed by atoms with E-state index in [4.69, 9.17) is 5.73 Å². The number of hydrogen-bond acceptors (Lipinski definition) is 2. The number of rotatable bonds is 5. The van der Waals surface area contributed by atoms with Crippen molar-refractivity contribution >= 4 is 5.91 Å². The van der Waals surface area contributed by atoms with Crippen molar-refractivity contribution in [3.05, 3.63) is 0 Å². The molecule has 1 amide bonds. The van der Waals surface area contributed by atoms with Gasteiger partial charge in [-0.05, 0) is 38.1 Å². The Morgan fingerprint density at radius 1 is 1.35 bits per heavy atom. The summed E-state index contributed by atoms with van der Waals surface area (Å²) in [7, 11) is 1.92. The number of carbonyl (C=O) groups is 1. The second-order valence-corrected chi connectivity index (χ2v) is 5.70. The molecule has 0 aromatic heterocycles. The van der Waals surface area contributed by atoms with E-state index in [0.717, 1.165) is 19.3 Å². The van der Waals surface area contributed by atoms with Crippen LogP contribution in [0.15, 0.2) is 0 Å². The van der Waals surface area contributed by atoms with Crippen LogP contribution < -0.4 is 5.73 Å². The van der Waals surface area contributed by atoms with Gasteiger partial charge < -0.3 is 10.6 Å². The molecule has 0 radical (unpaired) electrons. The van der Waals surface area contributed by atoms with Crippen molar-refractivity contribution in [1.29, 1.82) is 0 Å². The van der Waals surface area contributed by atoms with E-state index in [0.29, 0.717) is 19.0 Å². The fourth-order valence-corrected chi connectivity index (χ4v) is 2.72. The number of nitrogens with zero attached hydrogens (tertiary/aromatic N) is 1. The summed E-state index contributed by atoms with van der Waals surface area (Å²) in [5.41, 5.74) is 6.02. The Bertz CT molecular complexity index is 247. The average Bonchev–Trinajstić information content (AvgIpc) is 2.37. The van der Waals surface area contributed by atoms with Gasteiger partial charge in [0.25, 0.3) is 0 Å². The number of hydrogen-bond donors (Lipinski definition) is 1. The van der Waals surface area contributed by atoms with Gasteiger partial charge >= 0.3 is 0 Å². The highest BCUT2D eigenvalue weighted by Crippen LogP contribution is 2.38. The molecule has 0 bridgehead atoms. The summed E-state index contributed by atoms with van der Waals surface area (Å²) < 4.78 is 0. The van der Waals surface area contributed by atoms with Crippen LogP contribution in [-0.2, 0) is 4.79 Å². The van der Waals surface area contributed by atoms with Crippen LogP contribution in [-0.4, -0.2) is 30.4 Å². The van der Waals surface area contributed by atoms with Gasteiger partial charge in [-0.2, -0.15) is 0 Å². The summed E-state index contributed by atoms with van der Waals surface area (Å²) in [4.78, 5) is 14.1. The van der Waals surface area contributed by atoms with Crippen LogP contribution in [0.4, 0.5) is 0 Å². The van der Waals surface area contributed by atoms with Crippen molar-refractivity contribution < 1.29 is 4.79 Å². The first-order chi connectivity index (χ1) is 8.04. The molecule has 0 aromatic rings. The van der Waals surface area contributed by atoms with E-state index < -0.39 is 0 Å². The van der Waals surface area contributed by atoms with Crippen molar-refractivity contribution in [2.45, 2.75) is 64.8 Å². The molecule has 1 atom stereocenters. The van der Waals surface area contributed by atoms with Gasteiger partial charge in [0, 0.05) is 19.5 Å². The van der Waals surface area contributed by atoms with Crippen LogP contribution in [0, 0.1) is 5.41 Å². The van der Waals surface area contributed by atoms with Gasteiger partial charge in [0.1, 0.15) is 0 Å². The van der Waals surface area contributed by atoms with Crippen molar-refractivity contribution in [3.8, 4) is 0 Å². The first-order valence-corrected chi connectivity index (χ1v) is 7.00. The molecular formula is C14H28N2O. The van der Waals surface area contributed by atoms with E-state index in [1.165, 1.54) is 19.3 Å². The zero-order chi connectivity index (χ0) is 12.9. The van der Waals surface area contributed by atoms with Gasteiger partial charge in [-0.25, -0.2) is 0 Å². The predicted molar refractivity (Wildman–Crippen MR) is 71.7 cm³/mol. The fraction of sp³-hybridized carbons (Fsp3) is 0.929. The Morgan fingerprint density at radius 3 is 2.41 bits per heavy atom. The lowest BCUT2D eigenvalue weighted by Crippen LogP contribution is -2.41. The third kappa shape index (κ3) is 3.70. The molecule has 1 fully saturated rings. The summed E-state index contributed by atoms with van der Waals surface area (Å²) in [5.74, 6) is 0.270. The largest absolute Gasteiger partial charge is 0.343 e. The van der Waals surface area contributed by atoms with Crippen molar-refractivity contribution in [2.24, 2.45) is 11.1 Å². The lowest BCUT2D eigenvalue weighted by molar-refractivity contribution is -0.134. The van der Waals surface area contributed by atoms with E-state index in [9.17, 15) is 4.79 Å².